The number of benzene rings is 1. The van der Waals surface area contributed by atoms with Crippen LogP contribution in [0, 0.1) is 6.92 Å². The molecule has 2 aromatic rings. The molecule has 1 aliphatic rings. The summed E-state index contributed by atoms with van der Waals surface area (Å²) in [6.07, 6.45) is 0.948. The van der Waals surface area contributed by atoms with Crippen LogP contribution in [0.25, 0.3) is 11.4 Å². The van der Waals surface area contributed by atoms with E-state index in [1.807, 2.05) is 43.3 Å². The van der Waals surface area contributed by atoms with Crippen molar-refractivity contribution >= 4 is 11.7 Å². The Hall–Kier alpha value is -2.43. The lowest BCUT2D eigenvalue weighted by Gasteiger charge is -2.19. The third-order valence-corrected chi connectivity index (χ3v) is 3.79. The van der Waals surface area contributed by atoms with Gasteiger partial charge < -0.3 is 10.2 Å². The van der Waals surface area contributed by atoms with Crippen molar-refractivity contribution in [3.05, 3.63) is 42.1 Å². The molecule has 1 N–H and O–H groups in total. The molecule has 22 heavy (non-hydrogen) atoms. The fourth-order valence-corrected chi connectivity index (χ4v) is 2.80. The second-order valence-corrected chi connectivity index (χ2v) is 5.69. The third-order valence-electron chi connectivity index (χ3n) is 3.79. The summed E-state index contributed by atoms with van der Waals surface area (Å²) in [5.74, 6) is 1.70. The van der Waals surface area contributed by atoms with Crippen molar-refractivity contribution in [2.75, 3.05) is 18.0 Å². The highest BCUT2D eigenvalue weighted by Crippen LogP contribution is 2.23. The zero-order valence-electron chi connectivity index (χ0n) is 12.9. The molecule has 1 amide bonds. The largest absolute Gasteiger partial charge is 0.354 e. The highest BCUT2D eigenvalue weighted by molar-refractivity contribution is 5.73. The highest BCUT2D eigenvalue weighted by Gasteiger charge is 2.24. The van der Waals surface area contributed by atoms with E-state index in [9.17, 15) is 4.79 Å². The fourth-order valence-electron chi connectivity index (χ4n) is 2.80. The molecule has 1 saturated heterocycles. The third kappa shape index (κ3) is 3.24. The minimum atomic E-state index is 0.0238. The van der Waals surface area contributed by atoms with Gasteiger partial charge in [0, 0.05) is 43.4 Å². The summed E-state index contributed by atoms with van der Waals surface area (Å²) in [7, 11) is 0. The molecule has 1 atom stereocenters. The first-order valence-corrected chi connectivity index (χ1v) is 7.55. The molecule has 2 heterocycles. The Morgan fingerprint density at radius 1 is 1.27 bits per heavy atom. The second kappa shape index (κ2) is 6.13. The van der Waals surface area contributed by atoms with Gasteiger partial charge in [-0.1, -0.05) is 30.3 Å². The van der Waals surface area contributed by atoms with Crippen LogP contribution in [0.4, 0.5) is 5.82 Å². The van der Waals surface area contributed by atoms with Gasteiger partial charge in [0.25, 0.3) is 0 Å². The Morgan fingerprint density at radius 2 is 2.05 bits per heavy atom. The summed E-state index contributed by atoms with van der Waals surface area (Å²) in [4.78, 5) is 22.6. The predicted octanol–water partition coefficient (Wildman–Crippen LogP) is 2.17. The van der Waals surface area contributed by atoms with Crippen molar-refractivity contribution < 1.29 is 4.79 Å². The molecular weight excluding hydrogens is 276 g/mol. The number of aromatic nitrogens is 2. The summed E-state index contributed by atoms with van der Waals surface area (Å²) in [5.41, 5.74) is 1.97. The molecule has 1 fully saturated rings. The van der Waals surface area contributed by atoms with Gasteiger partial charge in [-0.05, 0) is 13.3 Å². The van der Waals surface area contributed by atoms with E-state index in [-0.39, 0.29) is 11.9 Å². The van der Waals surface area contributed by atoms with E-state index in [0.717, 1.165) is 42.4 Å². The van der Waals surface area contributed by atoms with Crippen molar-refractivity contribution in [1.82, 2.24) is 15.3 Å². The maximum Gasteiger partial charge on any atom is 0.217 e. The maximum absolute atomic E-state index is 11.2. The monoisotopic (exact) mass is 296 g/mol. The van der Waals surface area contributed by atoms with E-state index in [2.05, 4.69) is 15.2 Å². The number of hydrogen-bond donors (Lipinski definition) is 1. The molecule has 0 saturated carbocycles. The number of aryl methyl sites for hydroxylation is 1. The Labute approximate surface area is 130 Å². The molecule has 0 spiro atoms. The Balaban J connectivity index is 1.83. The molecular formula is C17H20N4O. The lowest BCUT2D eigenvalue weighted by atomic mass is 10.2. The van der Waals surface area contributed by atoms with Gasteiger partial charge in [-0.2, -0.15) is 0 Å². The molecule has 3 rings (SSSR count). The van der Waals surface area contributed by atoms with Crippen LogP contribution in [0.2, 0.25) is 0 Å². The number of amides is 1. The average Bonchev–Trinajstić information content (AvgIpc) is 2.95. The van der Waals surface area contributed by atoms with E-state index in [1.54, 1.807) is 6.92 Å². The van der Waals surface area contributed by atoms with Gasteiger partial charge in [-0.25, -0.2) is 9.97 Å². The van der Waals surface area contributed by atoms with Gasteiger partial charge in [-0.3, -0.25) is 4.79 Å². The topological polar surface area (TPSA) is 58.1 Å². The van der Waals surface area contributed by atoms with Gasteiger partial charge in [0.2, 0.25) is 5.91 Å². The van der Waals surface area contributed by atoms with E-state index in [0.29, 0.717) is 0 Å². The summed E-state index contributed by atoms with van der Waals surface area (Å²) >= 11 is 0. The Bertz CT molecular complexity index is 672. The van der Waals surface area contributed by atoms with Crippen LogP contribution in [0.3, 0.4) is 0 Å². The summed E-state index contributed by atoms with van der Waals surface area (Å²) < 4.78 is 0. The average molecular weight is 296 g/mol. The van der Waals surface area contributed by atoms with E-state index < -0.39 is 0 Å². The van der Waals surface area contributed by atoms with Crippen molar-refractivity contribution in [3.8, 4) is 11.4 Å². The molecule has 0 bridgehead atoms. The zero-order chi connectivity index (χ0) is 15.5. The number of carbonyl (C=O) groups is 1. The normalized spacial score (nSPS) is 17.5. The van der Waals surface area contributed by atoms with Crippen LogP contribution >= 0.6 is 0 Å². The number of rotatable bonds is 3. The van der Waals surface area contributed by atoms with Crippen LogP contribution in [0.1, 0.15) is 19.0 Å². The number of nitrogens with one attached hydrogen (secondary N) is 1. The molecule has 1 aromatic carbocycles. The number of carbonyl (C=O) groups excluding carboxylic acids is 1. The van der Waals surface area contributed by atoms with Crippen molar-refractivity contribution in [1.29, 1.82) is 0 Å². The van der Waals surface area contributed by atoms with Crippen LogP contribution in [-0.2, 0) is 4.79 Å². The summed E-state index contributed by atoms with van der Waals surface area (Å²) in [6, 6.07) is 12.2. The Morgan fingerprint density at radius 3 is 2.77 bits per heavy atom. The number of hydrogen-bond acceptors (Lipinski definition) is 4. The van der Waals surface area contributed by atoms with Crippen molar-refractivity contribution in [2.45, 2.75) is 26.3 Å². The van der Waals surface area contributed by atoms with Crippen LogP contribution < -0.4 is 10.2 Å². The standard InChI is InChI=1S/C17H20N4O/c1-12-10-16(21-9-8-15(11-21)19-13(2)22)20-17(18-12)14-6-4-3-5-7-14/h3-7,10,15H,8-9,11H2,1-2H3,(H,19,22)/t15-/m0/s1. The molecule has 0 unspecified atom stereocenters. The predicted molar refractivity (Wildman–Crippen MR) is 86.6 cm³/mol. The molecule has 1 aliphatic heterocycles. The van der Waals surface area contributed by atoms with Crippen molar-refractivity contribution in [2.24, 2.45) is 0 Å². The van der Waals surface area contributed by atoms with Crippen LogP contribution in [0.15, 0.2) is 36.4 Å². The Kier molecular flexibility index (Phi) is 4.04. The van der Waals surface area contributed by atoms with E-state index in [1.165, 1.54) is 0 Å². The minimum absolute atomic E-state index is 0.0238. The summed E-state index contributed by atoms with van der Waals surface area (Å²) in [6.45, 7) is 5.24. The molecule has 5 heteroatoms. The quantitative estimate of drug-likeness (QED) is 0.943. The van der Waals surface area contributed by atoms with Gasteiger partial charge in [0.15, 0.2) is 5.82 Å². The lowest BCUT2D eigenvalue weighted by Crippen LogP contribution is -2.35. The van der Waals surface area contributed by atoms with Gasteiger partial charge in [0.05, 0.1) is 0 Å². The second-order valence-electron chi connectivity index (χ2n) is 5.69. The van der Waals surface area contributed by atoms with Crippen molar-refractivity contribution in [3.63, 3.8) is 0 Å². The lowest BCUT2D eigenvalue weighted by molar-refractivity contribution is -0.119. The zero-order valence-corrected chi connectivity index (χ0v) is 12.9. The van der Waals surface area contributed by atoms with Crippen LogP contribution in [-0.4, -0.2) is 35.0 Å². The van der Waals surface area contributed by atoms with Gasteiger partial charge in [0.1, 0.15) is 5.82 Å². The highest BCUT2D eigenvalue weighted by atomic mass is 16.1. The fraction of sp³-hybridized carbons (Fsp3) is 0.353. The molecule has 0 radical (unpaired) electrons. The van der Waals surface area contributed by atoms with Crippen LogP contribution in [0.5, 0.6) is 0 Å². The van der Waals surface area contributed by atoms with Gasteiger partial charge in [-0.15, -0.1) is 0 Å². The first-order valence-electron chi connectivity index (χ1n) is 7.55. The maximum atomic E-state index is 11.2. The molecule has 5 nitrogen and oxygen atoms in total. The summed E-state index contributed by atoms with van der Waals surface area (Å²) in [5, 5.41) is 2.98. The number of anilines is 1. The SMILES string of the molecule is CC(=O)N[C@H]1CCN(c2cc(C)nc(-c3ccccc3)n2)C1. The van der Waals surface area contributed by atoms with E-state index >= 15 is 0 Å². The first-order chi connectivity index (χ1) is 10.6. The van der Waals surface area contributed by atoms with E-state index in [4.69, 9.17) is 4.98 Å². The molecule has 114 valence electrons. The smallest absolute Gasteiger partial charge is 0.217 e. The first kappa shape index (κ1) is 14.5. The molecule has 0 aliphatic carbocycles. The number of nitrogens with zero attached hydrogens (tertiary/aromatic N) is 3. The molecule has 1 aromatic heterocycles. The van der Waals surface area contributed by atoms with Gasteiger partial charge >= 0.3 is 0 Å². The minimum Gasteiger partial charge on any atom is -0.354 e.